The third-order valence-electron chi connectivity index (χ3n) is 15.1. The van der Waals surface area contributed by atoms with Crippen molar-refractivity contribution in [3.8, 4) is 22.3 Å². The van der Waals surface area contributed by atoms with Gasteiger partial charge in [-0.15, -0.1) is 0 Å². The monoisotopic (exact) mass is 812 g/mol. The van der Waals surface area contributed by atoms with Gasteiger partial charge in [-0.25, -0.2) is 0 Å². The second kappa shape index (κ2) is 13.0. The molecule has 0 amide bonds. The highest BCUT2D eigenvalue weighted by molar-refractivity contribution is 7.03. The van der Waals surface area contributed by atoms with Crippen LogP contribution in [-0.2, 0) is 0 Å². The summed E-state index contributed by atoms with van der Waals surface area (Å²) in [5.74, 6) is 1.64. The van der Waals surface area contributed by atoms with E-state index in [1.54, 1.807) is 0 Å². The molecule has 0 fully saturated rings. The van der Waals surface area contributed by atoms with Crippen LogP contribution >= 0.6 is 0 Å². The summed E-state index contributed by atoms with van der Waals surface area (Å²) in [4.78, 5) is 5.35. The topological polar surface area (TPSA) is 19.6 Å². The smallest absolute Gasteiger partial charge is 0.329 e. The van der Waals surface area contributed by atoms with E-state index in [-0.39, 0.29) is 13.6 Å². The first kappa shape index (κ1) is 37.1. The second-order valence-corrected chi connectivity index (χ2v) is 20.0. The Morgan fingerprint density at radius 2 is 1.10 bits per heavy atom. The van der Waals surface area contributed by atoms with Gasteiger partial charge >= 0.3 is 6.85 Å². The van der Waals surface area contributed by atoms with Crippen LogP contribution in [0.25, 0.3) is 55.0 Å². The Balaban J connectivity index is 1.20. The van der Waals surface area contributed by atoms with Gasteiger partial charge in [0.25, 0.3) is 6.71 Å². The van der Waals surface area contributed by atoms with E-state index in [0.29, 0.717) is 23.7 Å². The molecule has 0 bridgehead atoms. The summed E-state index contributed by atoms with van der Waals surface area (Å²) in [6, 6.07) is 52.0. The number of hydrogen-bond donors (Lipinski definition) is 0. The first-order chi connectivity index (χ1) is 30.6. The zero-order chi connectivity index (χ0) is 42.7. The van der Waals surface area contributed by atoms with Crippen molar-refractivity contribution in [2.75, 3.05) is 9.71 Å². The molecule has 0 atom stereocenters. The Morgan fingerprint density at radius 1 is 0.460 bits per heavy atom. The number of fused-ring (bicyclic) bond motifs is 15. The number of nitrogens with zero attached hydrogens (tertiary/aromatic N) is 2. The average molecular weight is 813 g/mol. The molecule has 0 saturated carbocycles. The van der Waals surface area contributed by atoms with Gasteiger partial charge in [0.15, 0.2) is 5.58 Å². The Labute approximate surface area is 371 Å². The number of hydrogen-bond acceptors (Lipinski definition) is 3. The minimum Gasteiger partial charge on any atom is -0.454 e. The molecule has 0 radical (unpaired) electrons. The molecule has 1 aromatic heterocycles. The highest BCUT2D eigenvalue weighted by Crippen LogP contribution is 2.53. The van der Waals surface area contributed by atoms with Crippen molar-refractivity contribution in [2.24, 2.45) is 0 Å². The number of furan rings is 1. The van der Waals surface area contributed by atoms with Crippen LogP contribution in [0.5, 0.6) is 0 Å². The molecule has 5 heterocycles. The lowest BCUT2D eigenvalue weighted by atomic mass is 9.30. The fraction of sp³-hybridized carbons (Fsp3) is 0.207. The number of rotatable bonds is 5. The van der Waals surface area contributed by atoms with E-state index in [2.05, 4.69) is 199 Å². The van der Waals surface area contributed by atoms with E-state index < -0.39 is 0 Å². The summed E-state index contributed by atoms with van der Waals surface area (Å²) in [5.41, 5.74) is 25.9. The second-order valence-electron chi connectivity index (χ2n) is 20.0. The number of anilines is 5. The van der Waals surface area contributed by atoms with Crippen molar-refractivity contribution >= 4 is 102 Å². The van der Waals surface area contributed by atoms with Crippen LogP contribution in [0.3, 0.4) is 0 Å². The molecule has 304 valence electrons. The molecule has 13 rings (SSSR count). The fourth-order valence-electron chi connectivity index (χ4n) is 11.9. The SMILES string of the molecule is CC(C)c1ccc(N2c3ccc4c5c3B(c3cc(C(C)C)cc6c3N5B(c3cc(C(C)C)ccc3-6)c3cc(C(C)C)ccc3-4)c3ccc4c(oc5ccc6ccccc6c54)c32)cc1. The highest BCUT2D eigenvalue weighted by Gasteiger charge is 2.52. The predicted octanol–water partition coefficient (Wildman–Crippen LogP) is 12.8. The zero-order valence-electron chi connectivity index (χ0n) is 37.5. The standard InChI is InChI=1S/C58H50B2N2O/c1-31(2)35-13-18-40(19-14-35)61-51-25-23-44-42-20-15-37(32(3)4)28-48(42)60-49-29-38(33(5)6)16-21-43(49)46-27-39(34(7)8)30-50-55(46)62(60)56(44)54(51)59(50)47-24-22-45-53-41-12-10-9-11-36(41)17-26-52(53)63-58(45)57(47)61/h9-34H,1-8H3. The number of benzene rings is 8. The molecular formula is C58H50B2N2O. The van der Waals surface area contributed by atoms with Crippen molar-refractivity contribution in [1.29, 1.82) is 0 Å². The van der Waals surface area contributed by atoms with Gasteiger partial charge in [-0.3, -0.25) is 0 Å². The summed E-state index contributed by atoms with van der Waals surface area (Å²) in [5, 5.41) is 4.79. The van der Waals surface area contributed by atoms with Crippen molar-refractivity contribution in [2.45, 2.75) is 79.1 Å². The van der Waals surface area contributed by atoms with Gasteiger partial charge in [-0.1, -0.05) is 159 Å². The van der Waals surface area contributed by atoms with Gasteiger partial charge in [-0.05, 0) is 125 Å². The van der Waals surface area contributed by atoms with E-state index >= 15 is 0 Å². The maximum atomic E-state index is 7.21. The molecule has 0 spiro atoms. The highest BCUT2D eigenvalue weighted by atomic mass is 16.3. The van der Waals surface area contributed by atoms with Crippen LogP contribution in [-0.4, -0.2) is 13.6 Å². The van der Waals surface area contributed by atoms with Crippen LogP contribution in [0.1, 0.15) is 101 Å². The van der Waals surface area contributed by atoms with E-state index in [0.717, 1.165) is 27.9 Å². The lowest BCUT2D eigenvalue weighted by Crippen LogP contribution is -2.69. The summed E-state index contributed by atoms with van der Waals surface area (Å²) >= 11 is 0. The molecular weight excluding hydrogens is 762 g/mol. The molecule has 3 nitrogen and oxygen atoms in total. The minimum atomic E-state index is -0.0113. The molecule has 4 aliphatic heterocycles. The summed E-state index contributed by atoms with van der Waals surface area (Å²) in [6.07, 6.45) is 0. The lowest BCUT2D eigenvalue weighted by molar-refractivity contribution is 0.669. The zero-order valence-corrected chi connectivity index (χ0v) is 37.5. The minimum absolute atomic E-state index is 0.0113. The van der Waals surface area contributed by atoms with Gasteiger partial charge < -0.3 is 14.1 Å². The van der Waals surface area contributed by atoms with Gasteiger partial charge in [0.05, 0.1) is 5.69 Å². The van der Waals surface area contributed by atoms with Crippen molar-refractivity contribution in [1.82, 2.24) is 0 Å². The molecule has 0 unspecified atom stereocenters. The third-order valence-corrected chi connectivity index (χ3v) is 15.1. The Hall–Kier alpha value is -6.45. The third kappa shape index (κ3) is 4.94. The van der Waals surface area contributed by atoms with Crippen LogP contribution < -0.4 is 37.0 Å². The predicted molar refractivity (Wildman–Crippen MR) is 271 cm³/mol. The van der Waals surface area contributed by atoms with E-state index in [4.69, 9.17) is 4.42 Å². The molecule has 4 aliphatic rings. The van der Waals surface area contributed by atoms with Gasteiger partial charge in [0.2, 0.25) is 0 Å². The Morgan fingerprint density at radius 3 is 1.79 bits per heavy atom. The average Bonchev–Trinajstić information content (AvgIpc) is 3.69. The molecule has 0 aliphatic carbocycles. The van der Waals surface area contributed by atoms with Crippen molar-refractivity contribution in [3.05, 3.63) is 156 Å². The maximum Gasteiger partial charge on any atom is 0.329 e. The lowest BCUT2D eigenvalue weighted by Gasteiger charge is -2.52. The van der Waals surface area contributed by atoms with Gasteiger partial charge in [0, 0.05) is 44.6 Å². The van der Waals surface area contributed by atoms with Gasteiger partial charge in [0.1, 0.15) is 5.58 Å². The Bertz CT molecular complexity index is 3450. The molecule has 9 aromatic rings. The van der Waals surface area contributed by atoms with E-state index in [1.807, 2.05) is 0 Å². The normalized spacial score (nSPS) is 14.2. The van der Waals surface area contributed by atoms with E-state index in [9.17, 15) is 0 Å². The van der Waals surface area contributed by atoms with Gasteiger partial charge in [-0.2, -0.15) is 0 Å². The van der Waals surface area contributed by atoms with Crippen molar-refractivity contribution in [3.63, 3.8) is 0 Å². The van der Waals surface area contributed by atoms with E-state index in [1.165, 1.54) is 105 Å². The Kier molecular flexibility index (Phi) is 7.69. The van der Waals surface area contributed by atoms with Crippen LogP contribution in [0.4, 0.5) is 28.4 Å². The summed E-state index contributed by atoms with van der Waals surface area (Å²) in [6.45, 7) is 18.6. The largest absolute Gasteiger partial charge is 0.454 e. The molecule has 5 heteroatoms. The fourth-order valence-corrected chi connectivity index (χ4v) is 11.9. The van der Waals surface area contributed by atoms with Crippen LogP contribution in [0.15, 0.2) is 138 Å². The molecule has 0 saturated heterocycles. The van der Waals surface area contributed by atoms with Crippen molar-refractivity contribution < 1.29 is 4.42 Å². The first-order valence-electron chi connectivity index (χ1n) is 23.3. The van der Waals surface area contributed by atoms with Crippen LogP contribution in [0, 0.1) is 0 Å². The quantitative estimate of drug-likeness (QED) is 0.161. The van der Waals surface area contributed by atoms with Crippen LogP contribution in [0.2, 0.25) is 0 Å². The molecule has 0 N–H and O–H groups in total. The summed E-state index contributed by atoms with van der Waals surface area (Å²) < 4.78 is 7.21. The maximum absolute atomic E-state index is 7.21. The molecule has 63 heavy (non-hydrogen) atoms. The molecule has 8 aromatic carbocycles. The summed E-state index contributed by atoms with van der Waals surface area (Å²) in [7, 11) is 0. The first-order valence-corrected chi connectivity index (χ1v) is 23.3.